The number of amides is 2. The third-order valence-corrected chi connectivity index (χ3v) is 5.77. The lowest BCUT2D eigenvalue weighted by atomic mass is 9.95. The molecule has 2 N–H and O–H groups in total. The number of hydroxylamine groups is 1. The third-order valence-electron chi connectivity index (χ3n) is 5.44. The molecule has 0 atom stereocenters. The fourth-order valence-electron chi connectivity index (χ4n) is 3.77. The van der Waals surface area contributed by atoms with E-state index in [1.807, 2.05) is 6.07 Å². The second-order valence-electron chi connectivity index (χ2n) is 7.49. The van der Waals surface area contributed by atoms with Crippen molar-refractivity contribution < 1.29 is 19.2 Å². The van der Waals surface area contributed by atoms with Gasteiger partial charge in [0.05, 0.1) is 0 Å². The van der Waals surface area contributed by atoms with Crippen molar-refractivity contribution in [3.8, 4) is 0 Å². The molecule has 0 spiro atoms. The number of halogens is 2. The van der Waals surface area contributed by atoms with Crippen LogP contribution in [0.4, 0.5) is 4.39 Å². The summed E-state index contributed by atoms with van der Waals surface area (Å²) in [5.41, 5.74) is 5.49. The van der Waals surface area contributed by atoms with Gasteiger partial charge in [-0.1, -0.05) is 48.0 Å². The summed E-state index contributed by atoms with van der Waals surface area (Å²) in [6, 6.07) is 18.1. The second-order valence-corrected chi connectivity index (χ2v) is 7.90. The topological polar surface area (TPSA) is 69.6 Å². The van der Waals surface area contributed by atoms with Crippen molar-refractivity contribution in [1.82, 2.24) is 10.4 Å². The standard InChI is InChI=1S/C25H20ClFN2O3/c26-23-4-2-1-3-21(23)22(13-16-5-9-20(27)10-6-16)25(31)29-12-11-17-7-8-18(24(30)28-32)14-19(17)15-29/h1-10,13-14,32H,11-12,15H2,(H,28,30). The van der Waals surface area contributed by atoms with Crippen molar-refractivity contribution in [2.45, 2.75) is 13.0 Å². The number of carbonyl (C=O) groups is 2. The van der Waals surface area contributed by atoms with Crippen LogP contribution in [0.1, 0.15) is 32.6 Å². The smallest absolute Gasteiger partial charge is 0.274 e. The molecule has 3 aromatic rings. The molecule has 0 fully saturated rings. The molecule has 0 aromatic heterocycles. The Morgan fingerprint density at radius 3 is 2.50 bits per heavy atom. The van der Waals surface area contributed by atoms with Gasteiger partial charge in [-0.25, -0.2) is 9.87 Å². The Morgan fingerprint density at radius 2 is 1.78 bits per heavy atom. The van der Waals surface area contributed by atoms with Gasteiger partial charge in [-0.3, -0.25) is 14.8 Å². The van der Waals surface area contributed by atoms with E-state index in [4.69, 9.17) is 16.8 Å². The van der Waals surface area contributed by atoms with Gasteiger partial charge in [0.25, 0.3) is 11.8 Å². The number of fused-ring (bicyclic) bond motifs is 1. The molecule has 1 heterocycles. The first-order chi connectivity index (χ1) is 15.5. The van der Waals surface area contributed by atoms with Gasteiger partial charge in [-0.05, 0) is 59.5 Å². The fourth-order valence-corrected chi connectivity index (χ4v) is 4.00. The van der Waals surface area contributed by atoms with Gasteiger partial charge in [0, 0.05) is 34.8 Å². The van der Waals surface area contributed by atoms with Crippen molar-refractivity contribution in [3.05, 3.63) is 105 Å². The zero-order chi connectivity index (χ0) is 22.7. The minimum atomic E-state index is -0.607. The van der Waals surface area contributed by atoms with Gasteiger partial charge < -0.3 is 4.90 Å². The third kappa shape index (κ3) is 4.56. The highest BCUT2D eigenvalue weighted by molar-refractivity contribution is 6.36. The van der Waals surface area contributed by atoms with Gasteiger partial charge in [-0.15, -0.1) is 0 Å². The molecule has 5 nitrogen and oxygen atoms in total. The van der Waals surface area contributed by atoms with E-state index in [2.05, 4.69) is 0 Å². The van der Waals surface area contributed by atoms with E-state index in [1.165, 1.54) is 12.1 Å². The molecule has 3 aromatic carbocycles. The Bertz CT molecular complexity index is 1210. The zero-order valence-electron chi connectivity index (χ0n) is 17.0. The van der Waals surface area contributed by atoms with E-state index in [-0.39, 0.29) is 11.7 Å². The molecule has 162 valence electrons. The Kier molecular flexibility index (Phi) is 6.35. The van der Waals surface area contributed by atoms with E-state index in [9.17, 15) is 14.0 Å². The maximum Gasteiger partial charge on any atom is 0.274 e. The number of rotatable bonds is 4. The van der Waals surface area contributed by atoms with Crippen molar-refractivity contribution in [2.75, 3.05) is 6.54 Å². The van der Waals surface area contributed by atoms with Crippen LogP contribution in [0.3, 0.4) is 0 Å². The predicted molar refractivity (Wildman–Crippen MR) is 121 cm³/mol. The summed E-state index contributed by atoms with van der Waals surface area (Å²) in [6.45, 7) is 0.814. The molecule has 0 bridgehead atoms. The molecule has 0 saturated carbocycles. The maximum absolute atomic E-state index is 13.6. The highest BCUT2D eigenvalue weighted by Gasteiger charge is 2.26. The molecular weight excluding hydrogens is 431 g/mol. The second kappa shape index (κ2) is 9.34. The van der Waals surface area contributed by atoms with E-state index in [0.717, 1.165) is 11.1 Å². The van der Waals surface area contributed by atoms with Crippen molar-refractivity contribution >= 4 is 35.1 Å². The van der Waals surface area contributed by atoms with Crippen LogP contribution in [-0.2, 0) is 17.8 Å². The normalized spacial score (nSPS) is 13.5. The highest BCUT2D eigenvalue weighted by atomic mass is 35.5. The van der Waals surface area contributed by atoms with Crippen LogP contribution in [0.2, 0.25) is 5.02 Å². The molecule has 2 amide bonds. The molecule has 7 heteroatoms. The van der Waals surface area contributed by atoms with E-state index in [1.54, 1.807) is 65.0 Å². The summed E-state index contributed by atoms with van der Waals surface area (Å²) in [5.74, 6) is -1.18. The fraction of sp³-hybridized carbons (Fsp3) is 0.120. The molecule has 0 unspecified atom stereocenters. The van der Waals surface area contributed by atoms with Gasteiger partial charge in [-0.2, -0.15) is 0 Å². The summed E-state index contributed by atoms with van der Waals surface area (Å²) >= 11 is 6.41. The largest absolute Gasteiger partial charge is 0.334 e. The summed E-state index contributed by atoms with van der Waals surface area (Å²) in [5, 5.41) is 9.35. The predicted octanol–water partition coefficient (Wildman–Crippen LogP) is 4.72. The number of hydrogen-bond acceptors (Lipinski definition) is 3. The monoisotopic (exact) mass is 450 g/mol. The van der Waals surface area contributed by atoms with Crippen LogP contribution in [0.15, 0.2) is 66.7 Å². The summed E-state index contributed by atoms with van der Waals surface area (Å²) in [4.78, 5) is 27.1. The molecule has 0 radical (unpaired) electrons. The van der Waals surface area contributed by atoms with E-state index in [0.29, 0.717) is 46.8 Å². The summed E-state index contributed by atoms with van der Waals surface area (Å²) < 4.78 is 13.4. The number of benzene rings is 3. The summed E-state index contributed by atoms with van der Waals surface area (Å²) in [6.07, 6.45) is 2.34. The van der Waals surface area contributed by atoms with Crippen LogP contribution in [-0.4, -0.2) is 28.5 Å². The molecule has 4 rings (SSSR count). The van der Waals surface area contributed by atoms with Gasteiger partial charge in [0.2, 0.25) is 0 Å². The first kappa shape index (κ1) is 21.7. The zero-order valence-corrected chi connectivity index (χ0v) is 17.8. The highest BCUT2D eigenvalue weighted by Crippen LogP contribution is 2.30. The molecule has 1 aliphatic rings. The Balaban J connectivity index is 1.70. The minimum Gasteiger partial charge on any atom is -0.334 e. The molecule has 1 aliphatic heterocycles. The number of hydrogen-bond donors (Lipinski definition) is 2. The lowest BCUT2D eigenvalue weighted by Gasteiger charge is -2.30. The SMILES string of the molecule is O=C(NO)c1ccc2c(c1)CN(C(=O)C(=Cc1ccc(F)cc1)c1ccccc1Cl)CC2. The lowest BCUT2D eigenvalue weighted by Crippen LogP contribution is -2.36. The van der Waals surface area contributed by atoms with Crippen molar-refractivity contribution in [2.24, 2.45) is 0 Å². The average Bonchev–Trinajstić information content (AvgIpc) is 2.82. The first-order valence-corrected chi connectivity index (χ1v) is 10.4. The van der Waals surface area contributed by atoms with Crippen LogP contribution in [0.25, 0.3) is 11.6 Å². The Labute approximate surface area is 189 Å². The van der Waals surface area contributed by atoms with Crippen molar-refractivity contribution in [3.63, 3.8) is 0 Å². The maximum atomic E-state index is 13.6. The molecule has 0 aliphatic carbocycles. The van der Waals surface area contributed by atoms with Crippen LogP contribution < -0.4 is 5.48 Å². The minimum absolute atomic E-state index is 0.218. The summed E-state index contributed by atoms with van der Waals surface area (Å²) in [7, 11) is 0. The Morgan fingerprint density at radius 1 is 1.03 bits per heavy atom. The van der Waals surface area contributed by atoms with E-state index < -0.39 is 5.91 Å². The number of carbonyl (C=O) groups excluding carboxylic acids is 2. The van der Waals surface area contributed by atoms with Crippen molar-refractivity contribution in [1.29, 1.82) is 0 Å². The first-order valence-electron chi connectivity index (χ1n) is 10.0. The van der Waals surface area contributed by atoms with Gasteiger partial charge >= 0.3 is 0 Å². The van der Waals surface area contributed by atoms with Gasteiger partial charge in [0.15, 0.2) is 0 Å². The number of nitrogens with zero attached hydrogens (tertiary/aromatic N) is 1. The van der Waals surface area contributed by atoms with Crippen LogP contribution in [0.5, 0.6) is 0 Å². The molecule has 32 heavy (non-hydrogen) atoms. The lowest BCUT2D eigenvalue weighted by molar-refractivity contribution is -0.125. The van der Waals surface area contributed by atoms with E-state index >= 15 is 0 Å². The van der Waals surface area contributed by atoms with Gasteiger partial charge in [0.1, 0.15) is 5.82 Å². The van der Waals surface area contributed by atoms with Crippen LogP contribution in [0, 0.1) is 5.82 Å². The average molecular weight is 451 g/mol. The molecular formula is C25H20ClFN2O3. The van der Waals surface area contributed by atoms with Crippen LogP contribution >= 0.6 is 11.6 Å². The quantitative estimate of drug-likeness (QED) is 0.261. The number of nitrogens with one attached hydrogen (secondary N) is 1. The Hall–Kier alpha value is -3.48. The molecule has 0 saturated heterocycles.